The molecule has 0 aliphatic heterocycles. The maximum atomic E-state index is 8.36. The smallest absolute Gasteiger partial charge is 0.0952 e. The predicted molar refractivity (Wildman–Crippen MR) is 35.1 cm³/mol. The van der Waals surface area contributed by atoms with Gasteiger partial charge in [-0.2, -0.15) is 0 Å². The van der Waals surface area contributed by atoms with Crippen LogP contribution in [-0.2, 0) is 4.89 Å². The van der Waals surface area contributed by atoms with Crippen molar-refractivity contribution < 1.29 is 10.1 Å². The second-order valence-corrected chi connectivity index (χ2v) is 2.91. The van der Waals surface area contributed by atoms with E-state index < -0.39 is 0 Å². The van der Waals surface area contributed by atoms with Crippen molar-refractivity contribution >= 4 is 0 Å². The van der Waals surface area contributed by atoms with Crippen LogP contribution in [0.4, 0.5) is 0 Å². The highest BCUT2D eigenvalue weighted by Crippen LogP contribution is 2.25. The van der Waals surface area contributed by atoms with Crippen molar-refractivity contribution in [3.63, 3.8) is 0 Å². The van der Waals surface area contributed by atoms with E-state index in [-0.39, 0.29) is 6.10 Å². The maximum Gasteiger partial charge on any atom is 0.0952 e. The van der Waals surface area contributed by atoms with Crippen LogP contribution in [-0.4, -0.2) is 11.4 Å². The third-order valence-electron chi connectivity index (χ3n) is 2.17. The van der Waals surface area contributed by atoms with E-state index >= 15 is 0 Å². The van der Waals surface area contributed by atoms with Crippen LogP contribution in [0.15, 0.2) is 0 Å². The van der Waals surface area contributed by atoms with Gasteiger partial charge in [0.1, 0.15) is 0 Å². The van der Waals surface area contributed by atoms with Crippen molar-refractivity contribution in [2.24, 2.45) is 5.92 Å². The molecule has 2 nitrogen and oxygen atoms in total. The predicted octanol–water partition coefficient (Wildman–Crippen LogP) is 2.05. The summed E-state index contributed by atoms with van der Waals surface area (Å²) in [7, 11) is 0. The average molecular weight is 130 g/mol. The lowest BCUT2D eigenvalue weighted by atomic mass is 9.88. The molecule has 0 aromatic heterocycles. The largest absolute Gasteiger partial charge is 0.252 e. The molecule has 0 heterocycles. The summed E-state index contributed by atoms with van der Waals surface area (Å²) in [4.78, 5) is 4.30. The Kier molecular flexibility index (Phi) is 2.49. The zero-order valence-electron chi connectivity index (χ0n) is 5.84. The van der Waals surface area contributed by atoms with Gasteiger partial charge in [0.25, 0.3) is 0 Å². The van der Waals surface area contributed by atoms with Crippen molar-refractivity contribution in [1.82, 2.24) is 0 Å². The fourth-order valence-electron chi connectivity index (χ4n) is 1.44. The lowest BCUT2D eigenvalue weighted by Gasteiger charge is -2.25. The fourth-order valence-corrected chi connectivity index (χ4v) is 1.44. The summed E-state index contributed by atoms with van der Waals surface area (Å²) in [6, 6.07) is 0. The molecule has 9 heavy (non-hydrogen) atoms. The van der Waals surface area contributed by atoms with Crippen LogP contribution in [0.3, 0.4) is 0 Å². The van der Waals surface area contributed by atoms with Crippen LogP contribution in [0, 0.1) is 5.92 Å². The molecule has 0 aromatic rings. The zero-order valence-corrected chi connectivity index (χ0v) is 5.84. The quantitative estimate of drug-likeness (QED) is 0.435. The molecule has 0 radical (unpaired) electrons. The second kappa shape index (κ2) is 3.18. The molecular weight excluding hydrogens is 116 g/mol. The van der Waals surface area contributed by atoms with Crippen LogP contribution in [0.5, 0.6) is 0 Å². The molecule has 1 rings (SSSR count). The SMILES string of the molecule is CC1CCCCC1OO. The minimum absolute atomic E-state index is 0.110. The Morgan fingerprint density at radius 2 is 2.00 bits per heavy atom. The summed E-state index contributed by atoms with van der Waals surface area (Å²) in [5.74, 6) is 0.545. The van der Waals surface area contributed by atoms with Gasteiger partial charge in [-0.15, -0.1) is 0 Å². The first kappa shape index (κ1) is 7.03. The highest BCUT2D eigenvalue weighted by atomic mass is 17.1. The fraction of sp³-hybridized carbons (Fsp3) is 1.00. The lowest BCUT2D eigenvalue weighted by Crippen LogP contribution is -2.24. The van der Waals surface area contributed by atoms with E-state index in [2.05, 4.69) is 11.8 Å². The van der Waals surface area contributed by atoms with E-state index in [9.17, 15) is 0 Å². The van der Waals surface area contributed by atoms with Crippen LogP contribution in [0.1, 0.15) is 32.6 Å². The first-order valence-corrected chi connectivity index (χ1v) is 3.65. The molecule has 1 fully saturated rings. The molecule has 0 saturated heterocycles. The third kappa shape index (κ3) is 1.66. The van der Waals surface area contributed by atoms with E-state index in [1.807, 2.05) is 0 Å². The molecule has 2 heteroatoms. The van der Waals surface area contributed by atoms with Crippen molar-refractivity contribution in [2.45, 2.75) is 38.7 Å². The van der Waals surface area contributed by atoms with Crippen LogP contribution in [0.25, 0.3) is 0 Å². The Morgan fingerprint density at radius 1 is 1.33 bits per heavy atom. The molecule has 1 saturated carbocycles. The minimum atomic E-state index is 0.110. The molecule has 2 unspecified atom stereocenters. The van der Waals surface area contributed by atoms with E-state index in [0.717, 1.165) is 6.42 Å². The van der Waals surface area contributed by atoms with Gasteiger partial charge in [-0.1, -0.05) is 19.8 Å². The van der Waals surface area contributed by atoms with Gasteiger partial charge in [0, 0.05) is 0 Å². The first-order valence-electron chi connectivity index (χ1n) is 3.65. The van der Waals surface area contributed by atoms with Crippen molar-refractivity contribution in [2.75, 3.05) is 0 Å². The van der Waals surface area contributed by atoms with Gasteiger partial charge in [0.15, 0.2) is 0 Å². The highest BCUT2D eigenvalue weighted by Gasteiger charge is 2.21. The summed E-state index contributed by atoms with van der Waals surface area (Å²) in [6.45, 7) is 2.13. The molecule has 1 aliphatic rings. The molecule has 0 aromatic carbocycles. The summed E-state index contributed by atoms with van der Waals surface area (Å²) in [5, 5.41) is 8.36. The summed E-state index contributed by atoms with van der Waals surface area (Å²) >= 11 is 0. The standard InChI is InChI=1S/C7H14O2/c1-6-4-2-3-5-7(6)9-8/h6-8H,2-5H2,1H3. The Bertz CT molecular complexity index is 83.0. The van der Waals surface area contributed by atoms with E-state index in [4.69, 9.17) is 5.26 Å². The summed E-state index contributed by atoms with van der Waals surface area (Å²) in [6.07, 6.45) is 4.83. The van der Waals surface area contributed by atoms with Gasteiger partial charge in [0.2, 0.25) is 0 Å². The van der Waals surface area contributed by atoms with Gasteiger partial charge in [-0.05, 0) is 18.8 Å². The van der Waals surface area contributed by atoms with Crippen molar-refractivity contribution in [1.29, 1.82) is 0 Å². The average Bonchev–Trinajstić information content (AvgIpc) is 1.89. The highest BCUT2D eigenvalue weighted by molar-refractivity contribution is 4.70. The first-order chi connectivity index (χ1) is 4.34. The van der Waals surface area contributed by atoms with E-state index in [1.165, 1.54) is 19.3 Å². The van der Waals surface area contributed by atoms with Gasteiger partial charge < -0.3 is 0 Å². The topological polar surface area (TPSA) is 29.5 Å². The van der Waals surface area contributed by atoms with E-state index in [0.29, 0.717) is 5.92 Å². The molecule has 54 valence electrons. The Labute approximate surface area is 55.8 Å². The Hall–Kier alpha value is -0.0800. The van der Waals surface area contributed by atoms with Gasteiger partial charge in [0.05, 0.1) is 6.10 Å². The lowest BCUT2D eigenvalue weighted by molar-refractivity contribution is -0.293. The van der Waals surface area contributed by atoms with Gasteiger partial charge in [-0.3, -0.25) is 5.26 Å². The molecule has 0 bridgehead atoms. The second-order valence-electron chi connectivity index (χ2n) is 2.91. The molecule has 0 amide bonds. The van der Waals surface area contributed by atoms with Crippen molar-refractivity contribution in [3.8, 4) is 0 Å². The van der Waals surface area contributed by atoms with E-state index in [1.54, 1.807) is 0 Å². The number of hydrogen-bond donors (Lipinski definition) is 1. The molecule has 1 N–H and O–H groups in total. The van der Waals surface area contributed by atoms with Gasteiger partial charge >= 0.3 is 0 Å². The molecule has 1 aliphatic carbocycles. The van der Waals surface area contributed by atoms with Crippen LogP contribution >= 0.6 is 0 Å². The molecule has 0 spiro atoms. The Balaban J connectivity index is 2.30. The zero-order chi connectivity index (χ0) is 6.69. The third-order valence-corrected chi connectivity index (χ3v) is 2.17. The van der Waals surface area contributed by atoms with Crippen LogP contribution in [0.2, 0.25) is 0 Å². The monoisotopic (exact) mass is 130 g/mol. The molecule has 2 atom stereocenters. The normalized spacial score (nSPS) is 36.7. The number of hydrogen-bond acceptors (Lipinski definition) is 2. The van der Waals surface area contributed by atoms with Crippen molar-refractivity contribution in [3.05, 3.63) is 0 Å². The van der Waals surface area contributed by atoms with Crippen LogP contribution < -0.4 is 0 Å². The number of rotatable bonds is 1. The molecular formula is C7H14O2. The van der Waals surface area contributed by atoms with Gasteiger partial charge in [-0.25, -0.2) is 4.89 Å². The summed E-state index contributed by atoms with van der Waals surface area (Å²) < 4.78 is 0. The Morgan fingerprint density at radius 3 is 2.44 bits per heavy atom. The minimum Gasteiger partial charge on any atom is -0.252 e. The maximum absolute atomic E-state index is 8.36. The summed E-state index contributed by atoms with van der Waals surface area (Å²) in [5.41, 5.74) is 0.